The standard InChI is InChI=1S/C30H31FN4O3/c1-19-4-7-23(34-28(37)21-8-9-33-26(13-21)29(2,3)17-32)14-24(19)20-5-6-22-15-30(31,18-36)27-16-38-11-10-35(27)25(22)12-20/h4-9,12-14,27,36H,10-11,15-16,18H2,1-3H3,(H,34,37)/t27-,30-/m1/s1. The molecule has 5 rings (SSSR count). The molecule has 8 heteroatoms. The van der Waals surface area contributed by atoms with Crippen molar-refractivity contribution < 1.29 is 19.0 Å². The van der Waals surface area contributed by atoms with Gasteiger partial charge in [-0.2, -0.15) is 5.26 Å². The molecule has 0 unspecified atom stereocenters. The Labute approximate surface area is 221 Å². The van der Waals surface area contributed by atoms with Crippen LogP contribution in [0.4, 0.5) is 15.8 Å². The molecule has 2 aliphatic rings. The Hall–Kier alpha value is -3.80. The van der Waals surface area contributed by atoms with Gasteiger partial charge in [0.05, 0.1) is 43.0 Å². The maximum absolute atomic E-state index is 15.6. The van der Waals surface area contributed by atoms with Gasteiger partial charge in [-0.25, -0.2) is 4.39 Å². The summed E-state index contributed by atoms with van der Waals surface area (Å²) in [6.45, 7) is 6.28. The van der Waals surface area contributed by atoms with E-state index in [1.54, 1.807) is 32.2 Å². The summed E-state index contributed by atoms with van der Waals surface area (Å²) in [4.78, 5) is 19.3. The number of rotatable bonds is 5. The molecule has 2 aromatic carbocycles. The number of halogens is 1. The number of alkyl halides is 1. The highest BCUT2D eigenvalue weighted by Crippen LogP contribution is 2.42. The molecule has 1 aromatic heterocycles. The van der Waals surface area contributed by atoms with Crippen LogP contribution < -0.4 is 10.2 Å². The van der Waals surface area contributed by atoms with Gasteiger partial charge in [-0.1, -0.05) is 18.2 Å². The highest BCUT2D eigenvalue weighted by molar-refractivity contribution is 6.04. The lowest BCUT2D eigenvalue weighted by Gasteiger charge is -2.48. The van der Waals surface area contributed by atoms with Crippen LogP contribution >= 0.6 is 0 Å². The first-order valence-electron chi connectivity index (χ1n) is 12.7. The van der Waals surface area contributed by atoms with Crippen molar-refractivity contribution in [3.8, 4) is 17.2 Å². The van der Waals surface area contributed by atoms with E-state index in [4.69, 9.17) is 4.74 Å². The second-order valence-corrected chi connectivity index (χ2v) is 10.6. The Kier molecular flexibility index (Phi) is 6.68. The van der Waals surface area contributed by atoms with Gasteiger partial charge >= 0.3 is 0 Å². The Morgan fingerprint density at radius 3 is 2.87 bits per heavy atom. The molecule has 2 aliphatic heterocycles. The first-order chi connectivity index (χ1) is 18.1. The predicted octanol–water partition coefficient (Wildman–Crippen LogP) is 4.57. The number of ether oxygens (including phenoxy) is 1. The van der Waals surface area contributed by atoms with E-state index < -0.39 is 23.7 Å². The van der Waals surface area contributed by atoms with E-state index >= 15 is 4.39 Å². The van der Waals surface area contributed by atoms with E-state index in [1.165, 1.54) is 0 Å². The molecule has 0 aliphatic carbocycles. The molecule has 3 heterocycles. The fourth-order valence-electron chi connectivity index (χ4n) is 5.25. The van der Waals surface area contributed by atoms with Gasteiger partial charge in [0.1, 0.15) is 0 Å². The molecule has 0 radical (unpaired) electrons. The highest BCUT2D eigenvalue weighted by atomic mass is 19.1. The number of benzene rings is 2. The zero-order valence-corrected chi connectivity index (χ0v) is 21.8. The quantitative estimate of drug-likeness (QED) is 0.518. The molecule has 38 heavy (non-hydrogen) atoms. The minimum atomic E-state index is -1.75. The number of nitrogens with zero attached hydrogens (tertiary/aromatic N) is 3. The van der Waals surface area contributed by atoms with Crippen molar-refractivity contribution in [1.82, 2.24) is 4.98 Å². The van der Waals surface area contributed by atoms with E-state index in [1.807, 2.05) is 42.2 Å². The minimum absolute atomic E-state index is 0.134. The van der Waals surface area contributed by atoms with Crippen LogP contribution in [0.25, 0.3) is 11.1 Å². The number of hydrogen-bond donors (Lipinski definition) is 2. The molecule has 3 aromatic rings. The Morgan fingerprint density at radius 1 is 1.29 bits per heavy atom. The highest BCUT2D eigenvalue weighted by Gasteiger charge is 2.48. The number of fused-ring (bicyclic) bond motifs is 3. The first kappa shape index (κ1) is 25.8. The fourth-order valence-corrected chi connectivity index (χ4v) is 5.25. The van der Waals surface area contributed by atoms with Gasteiger partial charge in [0.2, 0.25) is 0 Å². The summed E-state index contributed by atoms with van der Waals surface area (Å²) in [6, 6.07) is 16.7. The normalized spacial score (nSPS) is 20.7. The van der Waals surface area contributed by atoms with Crippen molar-refractivity contribution in [1.29, 1.82) is 5.26 Å². The van der Waals surface area contributed by atoms with E-state index in [2.05, 4.69) is 22.4 Å². The van der Waals surface area contributed by atoms with Crippen molar-refractivity contribution in [3.05, 3.63) is 77.1 Å². The number of nitriles is 1. The van der Waals surface area contributed by atoms with Crippen LogP contribution in [0.15, 0.2) is 54.7 Å². The van der Waals surface area contributed by atoms with Gasteiger partial charge in [-0.15, -0.1) is 0 Å². The molecule has 1 amide bonds. The van der Waals surface area contributed by atoms with Gasteiger partial charge in [-0.3, -0.25) is 9.78 Å². The molecule has 1 fully saturated rings. The van der Waals surface area contributed by atoms with Crippen LogP contribution in [-0.2, 0) is 16.6 Å². The molecule has 196 valence electrons. The molecule has 0 saturated carbocycles. The number of aliphatic hydroxyl groups is 1. The molecule has 0 bridgehead atoms. The maximum atomic E-state index is 15.6. The first-order valence-corrected chi connectivity index (χ1v) is 12.7. The Balaban J connectivity index is 1.44. The number of aliphatic hydroxyl groups excluding tert-OH is 1. The summed E-state index contributed by atoms with van der Waals surface area (Å²) >= 11 is 0. The van der Waals surface area contributed by atoms with Crippen molar-refractivity contribution >= 4 is 17.3 Å². The molecule has 1 saturated heterocycles. The molecule has 0 spiro atoms. The van der Waals surface area contributed by atoms with Crippen LogP contribution in [0.2, 0.25) is 0 Å². The second-order valence-electron chi connectivity index (χ2n) is 10.6. The number of amides is 1. The predicted molar refractivity (Wildman–Crippen MR) is 144 cm³/mol. The third-order valence-corrected chi connectivity index (χ3v) is 7.62. The summed E-state index contributed by atoms with van der Waals surface area (Å²) < 4.78 is 21.2. The molecular formula is C30H31FN4O3. The summed E-state index contributed by atoms with van der Waals surface area (Å²) in [7, 11) is 0. The number of aromatic nitrogens is 1. The van der Waals surface area contributed by atoms with Crippen molar-refractivity contribution in [2.24, 2.45) is 0 Å². The molecule has 2 N–H and O–H groups in total. The van der Waals surface area contributed by atoms with Crippen LogP contribution in [0.1, 0.15) is 41.0 Å². The summed E-state index contributed by atoms with van der Waals surface area (Å²) in [5, 5.41) is 22.2. The smallest absolute Gasteiger partial charge is 0.255 e. The second kappa shape index (κ2) is 9.82. The number of nitrogens with one attached hydrogen (secondary N) is 1. The lowest BCUT2D eigenvalue weighted by atomic mass is 9.82. The monoisotopic (exact) mass is 514 g/mol. The largest absolute Gasteiger partial charge is 0.393 e. The van der Waals surface area contributed by atoms with Crippen molar-refractivity contribution in [2.75, 3.05) is 36.6 Å². The molecular weight excluding hydrogens is 483 g/mol. The van der Waals surface area contributed by atoms with Gasteiger partial charge in [0.15, 0.2) is 5.67 Å². The summed E-state index contributed by atoms with van der Waals surface area (Å²) in [6.07, 6.45) is 1.67. The number of carbonyl (C=O) groups is 1. The number of aryl methyl sites for hydroxylation is 1. The SMILES string of the molecule is Cc1ccc(NC(=O)c2ccnc(C(C)(C)C#N)c2)cc1-c1ccc2c(c1)N1CCOC[C@@H]1[C@](F)(CO)C2. The van der Waals surface area contributed by atoms with E-state index in [-0.39, 0.29) is 18.9 Å². The molecule has 2 atom stereocenters. The number of anilines is 2. The van der Waals surface area contributed by atoms with Crippen LogP contribution in [-0.4, -0.2) is 54.1 Å². The summed E-state index contributed by atoms with van der Waals surface area (Å²) in [5.41, 5.74) is 3.80. The van der Waals surface area contributed by atoms with Crippen molar-refractivity contribution in [3.63, 3.8) is 0 Å². The lowest BCUT2D eigenvalue weighted by Crippen LogP contribution is -2.62. The van der Waals surface area contributed by atoms with Crippen LogP contribution in [0, 0.1) is 18.3 Å². The van der Waals surface area contributed by atoms with Crippen LogP contribution in [0.5, 0.6) is 0 Å². The van der Waals surface area contributed by atoms with Gasteiger partial charge < -0.3 is 20.1 Å². The van der Waals surface area contributed by atoms with Gasteiger partial charge in [0.25, 0.3) is 5.91 Å². The average Bonchev–Trinajstić information content (AvgIpc) is 2.94. The number of morpholine rings is 1. The van der Waals surface area contributed by atoms with E-state index in [9.17, 15) is 15.2 Å². The Morgan fingerprint density at radius 2 is 2.11 bits per heavy atom. The molecule has 7 nitrogen and oxygen atoms in total. The zero-order chi connectivity index (χ0) is 27.1. The van der Waals surface area contributed by atoms with E-state index in [0.717, 1.165) is 27.9 Å². The topological polar surface area (TPSA) is 98.5 Å². The lowest BCUT2D eigenvalue weighted by molar-refractivity contribution is -0.0173. The number of carbonyl (C=O) groups excluding carboxylic acids is 1. The zero-order valence-electron chi connectivity index (χ0n) is 21.8. The van der Waals surface area contributed by atoms with Gasteiger partial charge in [0, 0.05) is 36.1 Å². The maximum Gasteiger partial charge on any atom is 0.255 e. The van der Waals surface area contributed by atoms with Crippen molar-refractivity contribution in [2.45, 2.75) is 44.3 Å². The number of pyridine rings is 1. The fraction of sp³-hybridized carbons (Fsp3) is 0.367. The van der Waals surface area contributed by atoms with E-state index in [0.29, 0.717) is 30.1 Å². The third kappa shape index (κ3) is 4.64. The summed E-state index contributed by atoms with van der Waals surface area (Å²) in [5.74, 6) is -0.290. The Bertz CT molecular complexity index is 1430. The number of hydrogen-bond acceptors (Lipinski definition) is 6. The van der Waals surface area contributed by atoms with Gasteiger partial charge in [-0.05, 0) is 73.4 Å². The van der Waals surface area contributed by atoms with Crippen LogP contribution in [0.3, 0.4) is 0 Å². The minimum Gasteiger partial charge on any atom is -0.393 e. The third-order valence-electron chi connectivity index (χ3n) is 7.62. The average molecular weight is 515 g/mol.